The highest BCUT2D eigenvalue weighted by molar-refractivity contribution is 7.17. The molecular formula is C19H22Cl2N2O3S. The van der Waals surface area contributed by atoms with E-state index in [0.717, 1.165) is 36.5 Å². The van der Waals surface area contributed by atoms with E-state index in [9.17, 15) is 9.59 Å². The third-order valence-electron chi connectivity index (χ3n) is 4.40. The molecule has 1 aromatic carbocycles. The molecule has 27 heavy (non-hydrogen) atoms. The van der Waals surface area contributed by atoms with Crippen LogP contribution >= 0.6 is 35.3 Å². The summed E-state index contributed by atoms with van der Waals surface area (Å²) in [5, 5.41) is 4.02. The number of hydrogen-bond acceptors (Lipinski definition) is 5. The van der Waals surface area contributed by atoms with Crippen LogP contribution in [0.15, 0.2) is 24.3 Å². The second-order valence-electron chi connectivity index (χ2n) is 6.01. The van der Waals surface area contributed by atoms with Gasteiger partial charge in [0.1, 0.15) is 5.00 Å². The highest BCUT2D eigenvalue weighted by atomic mass is 35.5. The zero-order valence-corrected chi connectivity index (χ0v) is 17.6. The Labute approximate surface area is 174 Å². The molecule has 1 amide bonds. The van der Waals surface area contributed by atoms with Gasteiger partial charge in [-0.15, -0.1) is 23.7 Å². The van der Waals surface area contributed by atoms with Crippen LogP contribution in [0.5, 0.6) is 0 Å². The number of anilines is 1. The van der Waals surface area contributed by atoms with Crippen molar-refractivity contribution in [2.24, 2.45) is 0 Å². The molecule has 1 aliphatic heterocycles. The average Bonchev–Trinajstić information content (AvgIpc) is 2.99. The summed E-state index contributed by atoms with van der Waals surface area (Å²) in [5.74, 6) is -0.639. The Hall–Kier alpha value is -1.60. The predicted octanol–water partition coefficient (Wildman–Crippen LogP) is 4.63. The Morgan fingerprint density at radius 3 is 2.59 bits per heavy atom. The van der Waals surface area contributed by atoms with E-state index in [4.69, 9.17) is 16.3 Å². The van der Waals surface area contributed by atoms with Crippen LogP contribution in [0, 0.1) is 0 Å². The first-order chi connectivity index (χ1) is 12.5. The molecule has 1 N–H and O–H groups in total. The van der Waals surface area contributed by atoms with Crippen LogP contribution in [0.3, 0.4) is 0 Å². The van der Waals surface area contributed by atoms with Gasteiger partial charge in [-0.25, -0.2) is 4.79 Å². The molecule has 0 atom stereocenters. The number of carbonyl (C=O) groups excluding carboxylic acids is 2. The summed E-state index contributed by atoms with van der Waals surface area (Å²) in [4.78, 5) is 28.5. The van der Waals surface area contributed by atoms with Crippen LogP contribution in [0.25, 0.3) is 0 Å². The Morgan fingerprint density at radius 2 is 1.96 bits per heavy atom. The maximum Gasteiger partial charge on any atom is 0.341 e. The summed E-state index contributed by atoms with van der Waals surface area (Å²) in [6, 6.07) is 6.66. The SMILES string of the molecule is CCOC(=O)c1c(NC(=O)c2ccc(Cl)cc2)sc2c1CCN(CC)C2.Cl. The monoisotopic (exact) mass is 428 g/mol. The summed E-state index contributed by atoms with van der Waals surface area (Å²) < 4.78 is 5.23. The molecule has 0 bridgehead atoms. The topological polar surface area (TPSA) is 58.6 Å². The number of halogens is 2. The van der Waals surface area contributed by atoms with E-state index in [1.54, 1.807) is 31.2 Å². The summed E-state index contributed by atoms with van der Waals surface area (Å²) >= 11 is 7.34. The van der Waals surface area contributed by atoms with Gasteiger partial charge in [-0.1, -0.05) is 18.5 Å². The Kier molecular flexibility index (Phi) is 7.68. The second kappa shape index (κ2) is 9.55. The molecule has 146 valence electrons. The standard InChI is InChI=1S/C19H21ClN2O3S.ClH/c1-3-22-10-9-14-15(11-22)26-18(16(14)19(24)25-4-2)21-17(23)12-5-7-13(20)8-6-12;/h5-8H,3-4,9-11H2,1-2H3,(H,21,23);1H. The van der Waals surface area contributed by atoms with Gasteiger partial charge < -0.3 is 10.1 Å². The van der Waals surface area contributed by atoms with Crippen LogP contribution in [0.2, 0.25) is 5.02 Å². The van der Waals surface area contributed by atoms with Crippen molar-refractivity contribution in [3.63, 3.8) is 0 Å². The quantitative estimate of drug-likeness (QED) is 0.705. The number of nitrogens with one attached hydrogen (secondary N) is 1. The molecule has 2 aromatic rings. The number of rotatable bonds is 5. The molecule has 2 heterocycles. The minimum atomic E-state index is -0.374. The third kappa shape index (κ3) is 4.82. The lowest BCUT2D eigenvalue weighted by Gasteiger charge is -2.25. The fraction of sp³-hybridized carbons (Fsp3) is 0.368. The van der Waals surface area contributed by atoms with E-state index >= 15 is 0 Å². The molecule has 5 nitrogen and oxygen atoms in total. The minimum Gasteiger partial charge on any atom is -0.462 e. The van der Waals surface area contributed by atoms with E-state index in [0.29, 0.717) is 27.8 Å². The molecule has 8 heteroatoms. The summed E-state index contributed by atoms with van der Waals surface area (Å²) in [5.41, 5.74) is 2.00. The fourth-order valence-corrected chi connectivity index (χ4v) is 4.41. The van der Waals surface area contributed by atoms with Gasteiger partial charge in [0.25, 0.3) is 5.91 Å². The van der Waals surface area contributed by atoms with Crippen molar-refractivity contribution in [3.05, 3.63) is 50.9 Å². The van der Waals surface area contributed by atoms with Crippen LogP contribution in [-0.4, -0.2) is 36.5 Å². The van der Waals surface area contributed by atoms with Gasteiger partial charge in [-0.2, -0.15) is 0 Å². The first kappa shape index (κ1) is 21.7. The molecular weight excluding hydrogens is 407 g/mol. The predicted molar refractivity (Wildman–Crippen MR) is 112 cm³/mol. The van der Waals surface area contributed by atoms with E-state index in [2.05, 4.69) is 17.1 Å². The van der Waals surface area contributed by atoms with Crippen molar-refractivity contribution in [3.8, 4) is 0 Å². The van der Waals surface area contributed by atoms with Gasteiger partial charge in [0.2, 0.25) is 0 Å². The highest BCUT2D eigenvalue weighted by Crippen LogP contribution is 2.37. The molecule has 0 radical (unpaired) electrons. The highest BCUT2D eigenvalue weighted by Gasteiger charge is 2.29. The van der Waals surface area contributed by atoms with Gasteiger partial charge >= 0.3 is 5.97 Å². The zero-order valence-electron chi connectivity index (χ0n) is 15.2. The summed E-state index contributed by atoms with van der Waals surface area (Å²) in [7, 11) is 0. The molecule has 0 spiro atoms. The number of thiophene rings is 1. The number of hydrogen-bond donors (Lipinski definition) is 1. The molecule has 1 aromatic heterocycles. The first-order valence-electron chi connectivity index (χ1n) is 8.64. The third-order valence-corrected chi connectivity index (χ3v) is 5.78. The molecule has 0 fully saturated rings. The van der Waals surface area contributed by atoms with Crippen molar-refractivity contribution < 1.29 is 14.3 Å². The van der Waals surface area contributed by atoms with Crippen molar-refractivity contribution in [1.82, 2.24) is 4.90 Å². The van der Waals surface area contributed by atoms with Gasteiger partial charge in [0.15, 0.2) is 0 Å². The number of amides is 1. The largest absolute Gasteiger partial charge is 0.462 e. The van der Waals surface area contributed by atoms with Gasteiger partial charge in [0.05, 0.1) is 12.2 Å². The van der Waals surface area contributed by atoms with E-state index in [1.165, 1.54) is 11.3 Å². The Bertz CT molecular complexity index is 821. The van der Waals surface area contributed by atoms with E-state index in [1.807, 2.05) is 0 Å². The Morgan fingerprint density at radius 1 is 1.26 bits per heavy atom. The fourth-order valence-electron chi connectivity index (χ4n) is 3.01. The zero-order chi connectivity index (χ0) is 18.7. The normalized spacial score (nSPS) is 13.4. The lowest BCUT2D eigenvalue weighted by Crippen LogP contribution is -2.30. The van der Waals surface area contributed by atoms with E-state index in [-0.39, 0.29) is 24.3 Å². The van der Waals surface area contributed by atoms with Gasteiger partial charge in [-0.05, 0) is 49.7 Å². The maximum atomic E-state index is 12.6. The number of esters is 1. The number of benzene rings is 1. The van der Waals surface area contributed by atoms with Crippen LogP contribution in [0.4, 0.5) is 5.00 Å². The number of nitrogens with zero attached hydrogens (tertiary/aromatic N) is 1. The molecule has 0 saturated carbocycles. The molecule has 3 rings (SSSR count). The summed E-state index contributed by atoms with van der Waals surface area (Å²) in [6.07, 6.45) is 0.782. The second-order valence-corrected chi connectivity index (χ2v) is 7.55. The van der Waals surface area contributed by atoms with Crippen LogP contribution < -0.4 is 5.32 Å². The Balaban J connectivity index is 0.00000261. The average molecular weight is 429 g/mol. The maximum absolute atomic E-state index is 12.6. The lowest BCUT2D eigenvalue weighted by atomic mass is 10.0. The molecule has 0 unspecified atom stereocenters. The first-order valence-corrected chi connectivity index (χ1v) is 9.83. The lowest BCUT2D eigenvalue weighted by molar-refractivity contribution is 0.0526. The molecule has 0 saturated heterocycles. The van der Waals surface area contributed by atoms with Crippen molar-refractivity contribution in [2.45, 2.75) is 26.8 Å². The van der Waals surface area contributed by atoms with Crippen molar-refractivity contribution in [1.29, 1.82) is 0 Å². The number of likely N-dealkylation sites (N-methyl/N-ethyl adjacent to an activating group) is 1. The minimum absolute atomic E-state index is 0. The van der Waals surface area contributed by atoms with Crippen LogP contribution in [0.1, 0.15) is 45.0 Å². The summed E-state index contributed by atoms with van der Waals surface area (Å²) in [6.45, 7) is 6.85. The number of carbonyl (C=O) groups is 2. The number of fused-ring (bicyclic) bond motifs is 1. The van der Waals surface area contributed by atoms with Crippen molar-refractivity contribution >= 4 is 52.2 Å². The van der Waals surface area contributed by atoms with Gasteiger partial charge in [0, 0.05) is 28.6 Å². The molecule has 1 aliphatic rings. The smallest absolute Gasteiger partial charge is 0.341 e. The van der Waals surface area contributed by atoms with Gasteiger partial charge in [-0.3, -0.25) is 9.69 Å². The van der Waals surface area contributed by atoms with Crippen molar-refractivity contribution in [2.75, 3.05) is 25.0 Å². The van der Waals surface area contributed by atoms with Crippen LogP contribution in [-0.2, 0) is 17.7 Å². The molecule has 0 aliphatic carbocycles. The number of ether oxygens (including phenoxy) is 1. The van der Waals surface area contributed by atoms with E-state index < -0.39 is 0 Å².